The van der Waals surface area contributed by atoms with Gasteiger partial charge in [-0.05, 0) is 98.7 Å². The van der Waals surface area contributed by atoms with Crippen LogP contribution >= 0.6 is 11.6 Å². The summed E-state index contributed by atoms with van der Waals surface area (Å²) in [6, 6.07) is 20.7. The van der Waals surface area contributed by atoms with Crippen molar-refractivity contribution in [2.45, 2.75) is 51.1 Å². The molecule has 300 valence electrons. The maximum Gasteiger partial charge on any atom is 0.262 e. The van der Waals surface area contributed by atoms with E-state index in [9.17, 15) is 29.2 Å². The average Bonchev–Trinajstić information content (AvgIpc) is 3.66. The monoisotopic (exact) mass is 802 g/mol. The molecule has 14 heteroatoms. The number of nitrogens with zero attached hydrogens (tertiary/aromatic N) is 7. The fourth-order valence-corrected chi connectivity index (χ4v) is 10.3. The second-order valence-corrected chi connectivity index (χ2v) is 17.4. The molecule has 3 aromatic rings. The molecule has 2 unspecified atom stereocenters. The van der Waals surface area contributed by atoms with E-state index in [1.807, 2.05) is 41.3 Å². The number of nitrogens with one attached hydrogen (secondary N) is 1. The van der Waals surface area contributed by atoms with Crippen LogP contribution < -0.4 is 20.0 Å². The van der Waals surface area contributed by atoms with Gasteiger partial charge in [-0.2, -0.15) is 5.26 Å². The lowest BCUT2D eigenvalue weighted by Gasteiger charge is -2.45. The molecule has 5 saturated heterocycles. The molecule has 3 aromatic carbocycles. The summed E-state index contributed by atoms with van der Waals surface area (Å²) in [5.74, 6) is -1.48. The Bertz CT molecular complexity index is 2220. The van der Waals surface area contributed by atoms with Crippen molar-refractivity contribution in [3.8, 4) is 6.07 Å². The van der Waals surface area contributed by atoms with Gasteiger partial charge in [0.1, 0.15) is 12.1 Å². The Balaban J connectivity index is 0.721. The molecule has 6 heterocycles. The van der Waals surface area contributed by atoms with Gasteiger partial charge in [0.2, 0.25) is 11.8 Å². The largest absolute Gasteiger partial charge is 0.371 e. The predicted molar refractivity (Wildman–Crippen MR) is 219 cm³/mol. The molecule has 1 spiro atoms. The highest BCUT2D eigenvalue weighted by Gasteiger charge is 2.46. The van der Waals surface area contributed by atoms with Crippen molar-refractivity contribution in [3.05, 3.63) is 87.9 Å². The van der Waals surface area contributed by atoms with E-state index in [4.69, 9.17) is 11.6 Å². The van der Waals surface area contributed by atoms with Crippen LogP contribution in [0.5, 0.6) is 0 Å². The van der Waals surface area contributed by atoms with Crippen molar-refractivity contribution in [3.63, 3.8) is 0 Å². The molecule has 5 fully saturated rings. The lowest BCUT2D eigenvalue weighted by atomic mass is 9.76. The van der Waals surface area contributed by atoms with Gasteiger partial charge >= 0.3 is 0 Å². The van der Waals surface area contributed by atoms with E-state index in [0.29, 0.717) is 41.2 Å². The van der Waals surface area contributed by atoms with E-state index < -0.39 is 29.7 Å². The lowest BCUT2D eigenvalue weighted by Crippen LogP contribution is -2.55. The summed E-state index contributed by atoms with van der Waals surface area (Å²) in [5, 5.41) is 12.0. The standard InChI is InChI=1S/C44H47ClN8O5/c1-28-22-44(27-52(28)34-7-4-31(23-46)37(45)21-34)12-14-49(15-13-44)32-5-2-30(3-6-32)41(56)50-18-16-48(17-19-50)24-29-25-51(26-29)33-8-9-35-36(20-33)43(58)53(42(35)57)38-10-11-39(54)47-40(38)55/h2-9,20-21,28-29,38H,10-19,22,24-27H2,1H3,(H,47,54,55). The Morgan fingerprint density at radius 3 is 2.22 bits per heavy atom. The van der Waals surface area contributed by atoms with Crippen LogP contribution in [0.4, 0.5) is 17.1 Å². The average molecular weight is 803 g/mol. The second kappa shape index (κ2) is 15.1. The zero-order chi connectivity index (χ0) is 40.3. The van der Waals surface area contributed by atoms with Crippen LogP contribution in [-0.2, 0) is 9.59 Å². The van der Waals surface area contributed by atoms with Crippen molar-refractivity contribution in [2.75, 3.05) is 80.1 Å². The van der Waals surface area contributed by atoms with Gasteiger partial charge in [0.25, 0.3) is 17.7 Å². The first-order valence-corrected chi connectivity index (χ1v) is 20.8. The number of amides is 5. The molecule has 13 nitrogen and oxygen atoms in total. The van der Waals surface area contributed by atoms with Gasteiger partial charge in [-0.25, -0.2) is 0 Å². The minimum absolute atomic E-state index is 0.0716. The highest BCUT2D eigenvalue weighted by atomic mass is 35.5. The van der Waals surface area contributed by atoms with Gasteiger partial charge in [-0.3, -0.25) is 39.1 Å². The smallest absolute Gasteiger partial charge is 0.262 e. The van der Waals surface area contributed by atoms with Crippen molar-refractivity contribution in [2.24, 2.45) is 11.3 Å². The number of piperazine rings is 1. The molecule has 5 amide bonds. The van der Waals surface area contributed by atoms with Crippen molar-refractivity contribution in [1.82, 2.24) is 20.0 Å². The maximum absolute atomic E-state index is 13.5. The summed E-state index contributed by atoms with van der Waals surface area (Å²) in [6.07, 6.45) is 3.56. The van der Waals surface area contributed by atoms with E-state index in [-0.39, 0.29) is 29.7 Å². The summed E-state index contributed by atoms with van der Waals surface area (Å²) in [6.45, 7) is 10.8. The van der Waals surface area contributed by atoms with Crippen LogP contribution in [0.15, 0.2) is 60.7 Å². The van der Waals surface area contributed by atoms with E-state index in [1.54, 1.807) is 12.1 Å². The summed E-state index contributed by atoms with van der Waals surface area (Å²) in [4.78, 5) is 76.4. The van der Waals surface area contributed by atoms with Crippen LogP contribution in [0.1, 0.15) is 75.7 Å². The Labute approximate surface area is 343 Å². The minimum Gasteiger partial charge on any atom is -0.371 e. The minimum atomic E-state index is -0.976. The Morgan fingerprint density at radius 1 is 0.845 bits per heavy atom. The number of halogens is 1. The van der Waals surface area contributed by atoms with E-state index in [2.05, 4.69) is 50.0 Å². The molecule has 58 heavy (non-hydrogen) atoms. The number of imide groups is 2. The summed E-state index contributed by atoms with van der Waals surface area (Å²) < 4.78 is 0. The first-order chi connectivity index (χ1) is 28.0. The molecule has 0 saturated carbocycles. The SMILES string of the molecule is CC1CC2(CCN(c3ccc(C(=O)N4CCN(CC5CN(c6ccc7c(c6)C(=O)N(C6CCC(=O)NC6=O)C7=O)C5)CC4)cc3)CC2)CN1c1ccc(C#N)c(Cl)c1. The Kier molecular flexibility index (Phi) is 9.88. The van der Waals surface area contributed by atoms with Crippen LogP contribution in [0.2, 0.25) is 5.02 Å². The van der Waals surface area contributed by atoms with Crippen molar-refractivity contribution < 1.29 is 24.0 Å². The Hall–Kier alpha value is -5.45. The highest BCUT2D eigenvalue weighted by Crippen LogP contribution is 2.46. The molecule has 0 aromatic heterocycles. The topological polar surface area (TPSA) is 141 Å². The first-order valence-electron chi connectivity index (χ1n) is 20.4. The van der Waals surface area contributed by atoms with Gasteiger partial charge in [0.15, 0.2) is 0 Å². The van der Waals surface area contributed by atoms with Gasteiger partial charge < -0.3 is 19.6 Å². The van der Waals surface area contributed by atoms with E-state index >= 15 is 0 Å². The fourth-order valence-electron chi connectivity index (χ4n) is 10.1. The zero-order valence-electron chi connectivity index (χ0n) is 32.7. The zero-order valence-corrected chi connectivity index (χ0v) is 33.4. The van der Waals surface area contributed by atoms with Crippen LogP contribution in [0.3, 0.4) is 0 Å². The predicted octanol–water partition coefficient (Wildman–Crippen LogP) is 4.39. The molecule has 6 aliphatic rings. The first kappa shape index (κ1) is 38.1. The lowest BCUT2D eigenvalue weighted by molar-refractivity contribution is -0.136. The van der Waals surface area contributed by atoms with Gasteiger partial charge in [-0.1, -0.05) is 11.6 Å². The molecular weight excluding hydrogens is 756 g/mol. The molecule has 6 aliphatic heterocycles. The van der Waals surface area contributed by atoms with Crippen molar-refractivity contribution >= 4 is 58.2 Å². The number of rotatable bonds is 7. The fraction of sp³-hybridized carbons (Fsp3) is 0.455. The van der Waals surface area contributed by atoms with Crippen LogP contribution in [0.25, 0.3) is 0 Å². The summed E-state index contributed by atoms with van der Waals surface area (Å²) in [5.41, 5.74) is 5.17. The highest BCUT2D eigenvalue weighted by molar-refractivity contribution is 6.32. The van der Waals surface area contributed by atoms with E-state index in [1.165, 1.54) is 0 Å². The molecule has 0 aliphatic carbocycles. The van der Waals surface area contributed by atoms with Crippen LogP contribution in [0, 0.1) is 22.7 Å². The third-order valence-electron chi connectivity index (χ3n) is 13.4. The number of anilines is 3. The van der Waals surface area contributed by atoms with E-state index in [0.717, 1.165) is 99.1 Å². The number of nitriles is 1. The second-order valence-electron chi connectivity index (χ2n) is 17.0. The van der Waals surface area contributed by atoms with Crippen LogP contribution in [-0.4, -0.2) is 122 Å². The van der Waals surface area contributed by atoms with Crippen molar-refractivity contribution in [1.29, 1.82) is 5.26 Å². The van der Waals surface area contributed by atoms with Gasteiger partial charge in [0.05, 0.1) is 21.7 Å². The normalized spacial score (nSPS) is 23.6. The molecule has 2 atom stereocenters. The summed E-state index contributed by atoms with van der Waals surface area (Å²) in [7, 11) is 0. The number of piperidine rings is 2. The quantitative estimate of drug-likeness (QED) is 0.342. The maximum atomic E-state index is 13.5. The number of fused-ring (bicyclic) bond motifs is 1. The molecule has 1 N–H and O–H groups in total. The van der Waals surface area contributed by atoms with Gasteiger partial charge in [-0.15, -0.1) is 0 Å². The number of hydrogen-bond acceptors (Lipinski definition) is 10. The number of benzene rings is 3. The third kappa shape index (κ3) is 6.96. The number of carbonyl (C=O) groups excluding carboxylic acids is 5. The molecule has 0 bridgehead atoms. The molecule has 0 radical (unpaired) electrons. The number of carbonyl (C=O) groups is 5. The Morgan fingerprint density at radius 2 is 1.53 bits per heavy atom. The summed E-state index contributed by atoms with van der Waals surface area (Å²) >= 11 is 6.37. The molecule has 9 rings (SSSR count). The molecular formula is C44H47ClN8O5. The number of hydrogen-bond donors (Lipinski definition) is 1. The van der Waals surface area contributed by atoms with Gasteiger partial charge in [0, 0.05) is 106 Å². The third-order valence-corrected chi connectivity index (χ3v) is 13.7.